The molecule has 26 heavy (non-hydrogen) atoms. The molecule has 134 valence electrons. The van der Waals surface area contributed by atoms with E-state index in [0.717, 1.165) is 31.9 Å². The number of aromatic nitrogens is 2. The van der Waals surface area contributed by atoms with Gasteiger partial charge in [0.05, 0.1) is 20.9 Å². The third-order valence-corrected chi connectivity index (χ3v) is 5.05. The van der Waals surface area contributed by atoms with E-state index in [-0.39, 0.29) is 21.7 Å². The Morgan fingerprint density at radius 1 is 1.08 bits per heavy atom. The van der Waals surface area contributed by atoms with Crippen LogP contribution in [0.1, 0.15) is 0 Å². The quantitative estimate of drug-likeness (QED) is 0.674. The number of halogens is 3. The topological polar surface area (TPSA) is 50.3 Å². The van der Waals surface area contributed by atoms with Gasteiger partial charge in [-0.1, -0.05) is 23.2 Å². The summed E-state index contributed by atoms with van der Waals surface area (Å²) in [6.07, 6.45) is 1.39. The van der Waals surface area contributed by atoms with Gasteiger partial charge in [-0.3, -0.25) is 0 Å². The number of anilines is 1. The first-order valence-corrected chi connectivity index (χ1v) is 8.91. The van der Waals surface area contributed by atoms with Crippen LogP contribution in [0, 0.1) is 5.82 Å². The molecule has 1 saturated heterocycles. The number of piperazine rings is 1. The third kappa shape index (κ3) is 3.28. The highest BCUT2D eigenvalue weighted by atomic mass is 35.5. The fraction of sp³-hybridized carbons (Fsp3) is 0.222. The molecule has 1 N–H and O–H groups in total. The third-order valence-electron chi connectivity index (χ3n) is 4.27. The van der Waals surface area contributed by atoms with E-state index in [4.69, 9.17) is 27.9 Å². The molecule has 0 aliphatic carbocycles. The predicted molar refractivity (Wildman–Crippen MR) is 101 cm³/mol. The number of hydrogen-bond donors (Lipinski definition) is 1. The van der Waals surface area contributed by atoms with Crippen molar-refractivity contribution in [3.63, 3.8) is 0 Å². The van der Waals surface area contributed by atoms with Gasteiger partial charge >= 0.3 is 0 Å². The van der Waals surface area contributed by atoms with Crippen molar-refractivity contribution in [2.75, 3.05) is 31.1 Å². The molecule has 0 amide bonds. The molecule has 5 nitrogen and oxygen atoms in total. The fourth-order valence-corrected chi connectivity index (χ4v) is 3.22. The van der Waals surface area contributed by atoms with Gasteiger partial charge in [0.25, 0.3) is 0 Å². The summed E-state index contributed by atoms with van der Waals surface area (Å²) in [6.45, 7) is 3.69. The molecule has 0 atom stereocenters. The van der Waals surface area contributed by atoms with E-state index >= 15 is 0 Å². The monoisotopic (exact) mass is 392 g/mol. The van der Waals surface area contributed by atoms with Crippen LogP contribution in [-0.2, 0) is 0 Å². The Bertz CT molecular complexity index is 963. The number of hydrogen-bond acceptors (Lipinski definition) is 5. The molecule has 0 saturated carbocycles. The van der Waals surface area contributed by atoms with Gasteiger partial charge < -0.3 is 15.0 Å². The van der Waals surface area contributed by atoms with Gasteiger partial charge in [-0.25, -0.2) is 14.4 Å². The zero-order valence-electron chi connectivity index (χ0n) is 13.7. The first-order chi connectivity index (χ1) is 12.6. The maximum atomic E-state index is 14.3. The minimum Gasteiger partial charge on any atom is -0.435 e. The number of ether oxygens (including phenoxy) is 1. The van der Waals surface area contributed by atoms with Crippen LogP contribution in [0.4, 0.5) is 10.1 Å². The van der Waals surface area contributed by atoms with Gasteiger partial charge in [-0.15, -0.1) is 0 Å². The summed E-state index contributed by atoms with van der Waals surface area (Å²) >= 11 is 11.7. The average Bonchev–Trinajstić information content (AvgIpc) is 2.69. The van der Waals surface area contributed by atoms with E-state index in [2.05, 4.69) is 20.2 Å². The lowest BCUT2D eigenvalue weighted by Crippen LogP contribution is -2.43. The van der Waals surface area contributed by atoms with Gasteiger partial charge in [-0.2, -0.15) is 0 Å². The number of nitrogens with zero attached hydrogens (tertiary/aromatic N) is 3. The summed E-state index contributed by atoms with van der Waals surface area (Å²) in [7, 11) is 0. The predicted octanol–water partition coefficient (Wildman–Crippen LogP) is 4.28. The summed E-state index contributed by atoms with van der Waals surface area (Å²) in [6, 6.07) is 8.80. The normalized spacial score (nSPS) is 14.7. The van der Waals surface area contributed by atoms with Crippen molar-refractivity contribution in [1.29, 1.82) is 0 Å². The number of rotatable bonds is 3. The van der Waals surface area contributed by atoms with E-state index in [1.165, 1.54) is 18.5 Å². The second-order valence-corrected chi connectivity index (χ2v) is 6.68. The molecule has 0 unspecified atom stereocenters. The lowest BCUT2D eigenvalue weighted by Gasteiger charge is -2.29. The maximum absolute atomic E-state index is 14.3. The zero-order valence-corrected chi connectivity index (χ0v) is 15.2. The van der Waals surface area contributed by atoms with Crippen LogP contribution in [0.15, 0.2) is 36.7 Å². The first-order valence-electron chi connectivity index (χ1n) is 8.15. The highest BCUT2D eigenvalue weighted by Crippen LogP contribution is 2.35. The Kier molecular flexibility index (Phi) is 4.80. The largest absolute Gasteiger partial charge is 0.435 e. The standard InChI is InChI=1S/C18H15Cl2FN4O/c19-13-2-4-15(17(21)16(13)20)26-18-12-9-11(25-7-5-22-6-8-25)1-3-14(12)23-10-24-18/h1-4,9-10,22H,5-8H2. The van der Waals surface area contributed by atoms with Crippen LogP contribution in [0.2, 0.25) is 10.0 Å². The van der Waals surface area contributed by atoms with Crippen molar-refractivity contribution in [3.8, 4) is 11.6 Å². The van der Waals surface area contributed by atoms with Crippen molar-refractivity contribution in [2.45, 2.75) is 0 Å². The van der Waals surface area contributed by atoms with Crippen LogP contribution in [0.25, 0.3) is 10.9 Å². The van der Waals surface area contributed by atoms with Crippen LogP contribution in [-0.4, -0.2) is 36.1 Å². The van der Waals surface area contributed by atoms with E-state index in [0.29, 0.717) is 10.9 Å². The van der Waals surface area contributed by atoms with Crippen molar-refractivity contribution < 1.29 is 9.13 Å². The fourth-order valence-electron chi connectivity index (χ4n) is 2.91. The van der Waals surface area contributed by atoms with Crippen LogP contribution >= 0.6 is 23.2 Å². The molecule has 1 aliphatic rings. The Hall–Kier alpha value is -2.15. The second-order valence-electron chi connectivity index (χ2n) is 5.89. The highest BCUT2D eigenvalue weighted by Gasteiger charge is 2.16. The van der Waals surface area contributed by atoms with Crippen molar-refractivity contribution in [2.24, 2.45) is 0 Å². The Morgan fingerprint density at radius 3 is 2.69 bits per heavy atom. The summed E-state index contributed by atoms with van der Waals surface area (Å²) in [5, 5.41) is 3.98. The van der Waals surface area contributed by atoms with Gasteiger partial charge in [-0.05, 0) is 30.3 Å². The molecule has 0 bridgehead atoms. The Morgan fingerprint density at radius 2 is 1.88 bits per heavy atom. The molecule has 1 fully saturated rings. The highest BCUT2D eigenvalue weighted by molar-refractivity contribution is 6.42. The smallest absolute Gasteiger partial charge is 0.230 e. The molecule has 2 aromatic carbocycles. The molecule has 4 rings (SSSR count). The minimum atomic E-state index is -0.718. The van der Waals surface area contributed by atoms with Gasteiger partial charge in [0.2, 0.25) is 5.88 Å². The molecule has 0 radical (unpaired) electrons. The first kappa shape index (κ1) is 17.3. The second kappa shape index (κ2) is 7.23. The van der Waals surface area contributed by atoms with Gasteiger partial charge in [0, 0.05) is 31.9 Å². The van der Waals surface area contributed by atoms with Crippen molar-refractivity contribution in [1.82, 2.24) is 15.3 Å². The number of fused-ring (bicyclic) bond motifs is 1. The Labute approximate surface area is 159 Å². The van der Waals surface area contributed by atoms with E-state index in [9.17, 15) is 4.39 Å². The van der Waals surface area contributed by atoms with E-state index in [1.807, 2.05) is 18.2 Å². The lowest BCUT2D eigenvalue weighted by molar-refractivity contribution is 0.432. The molecule has 3 aromatic rings. The lowest BCUT2D eigenvalue weighted by atomic mass is 10.2. The Balaban J connectivity index is 1.74. The van der Waals surface area contributed by atoms with Gasteiger partial charge in [0.1, 0.15) is 6.33 Å². The summed E-state index contributed by atoms with van der Waals surface area (Å²) in [5.41, 5.74) is 1.77. The number of benzene rings is 2. The molecule has 1 aliphatic heterocycles. The van der Waals surface area contributed by atoms with E-state index < -0.39 is 5.82 Å². The zero-order chi connectivity index (χ0) is 18.1. The molecular formula is C18H15Cl2FN4O. The molecule has 2 heterocycles. The SMILES string of the molecule is Fc1c(Oc2ncnc3ccc(N4CCNCC4)cc23)ccc(Cl)c1Cl. The van der Waals surface area contributed by atoms with Gasteiger partial charge in [0.15, 0.2) is 11.6 Å². The van der Waals surface area contributed by atoms with Crippen LogP contribution in [0.5, 0.6) is 11.6 Å². The van der Waals surface area contributed by atoms with E-state index in [1.54, 1.807) is 0 Å². The molecule has 1 aromatic heterocycles. The summed E-state index contributed by atoms with van der Waals surface area (Å²) < 4.78 is 20.0. The van der Waals surface area contributed by atoms with Crippen molar-refractivity contribution >= 4 is 39.8 Å². The summed E-state index contributed by atoms with van der Waals surface area (Å²) in [5.74, 6) is -0.486. The maximum Gasteiger partial charge on any atom is 0.230 e. The van der Waals surface area contributed by atoms with Crippen molar-refractivity contribution in [3.05, 3.63) is 52.5 Å². The number of nitrogens with one attached hydrogen (secondary N) is 1. The summed E-state index contributed by atoms with van der Waals surface area (Å²) in [4.78, 5) is 10.7. The van der Waals surface area contributed by atoms with Crippen LogP contribution < -0.4 is 15.0 Å². The molecule has 0 spiro atoms. The molecule has 8 heteroatoms. The molecular weight excluding hydrogens is 378 g/mol. The average molecular weight is 393 g/mol. The van der Waals surface area contributed by atoms with Crippen LogP contribution in [0.3, 0.4) is 0 Å². The minimum absolute atomic E-state index is 0.0352.